The lowest BCUT2D eigenvalue weighted by Gasteiger charge is -1.90. The van der Waals surface area contributed by atoms with Crippen molar-refractivity contribution in [1.29, 1.82) is 0 Å². The first kappa shape index (κ1) is 15.6. The first-order valence-electron chi connectivity index (χ1n) is 5.30. The summed E-state index contributed by atoms with van der Waals surface area (Å²) in [6.45, 7) is 0. The zero-order valence-corrected chi connectivity index (χ0v) is 11.7. The SMILES string of the molecule is Nc1cccc([N+](=O)[O-])c1.O=[N+]([O-])c1cccc(Br)c1. The molecule has 0 radical (unpaired) electrons. The van der Waals surface area contributed by atoms with Gasteiger partial charge < -0.3 is 5.73 Å². The molecule has 0 fully saturated rings. The summed E-state index contributed by atoms with van der Waals surface area (Å²) in [6.07, 6.45) is 0. The van der Waals surface area contributed by atoms with E-state index in [0.717, 1.165) is 4.47 Å². The van der Waals surface area contributed by atoms with Crippen LogP contribution in [0.15, 0.2) is 53.0 Å². The van der Waals surface area contributed by atoms with E-state index >= 15 is 0 Å². The molecule has 20 heavy (non-hydrogen) atoms. The van der Waals surface area contributed by atoms with Gasteiger partial charge in [-0.1, -0.05) is 28.1 Å². The van der Waals surface area contributed by atoms with E-state index < -0.39 is 9.85 Å². The largest absolute Gasteiger partial charge is 0.399 e. The number of nitro benzene ring substituents is 2. The van der Waals surface area contributed by atoms with E-state index in [1.807, 2.05) is 0 Å². The van der Waals surface area contributed by atoms with Crippen molar-refractivity contribution >= 4 is 33.0 Å². The normalized spacial score (nSPS) is 9.25. The Bertz CT molecular complexity index is 578. The van der Waals surface area contributed by atoms with Gasteiger partial charge in [0.15, 0.2) is 0 Å². The van der Waals surface area contributed by atoms with E-state index in [2.05, 4.69) is 15.9 Å². The Labute approximate surface area is 122 Å². The average molecular weight is 340 g/mol. The second-order valence-corrected chi connectivity index (χ2v) is 4.50. The molecule has 2 aromatic rings. The van der Waals surface area contributed by atoms with Gasteiger partial charge in [0, 0.05) is 34.4 Å². The van der Waals surface area contributed by atoms with Gasteiger partial charge in [-0.05, 0) is 12.1 Å². The zero-order chi connectivity index (χ0) is 15.1. The number of hydrogen-bond donors (Lipinski definition) is 1. The maximum absolute atomic E-state index is 10.1. The second-order valence-electron chi connectivity index (χ2n) is 3.59. The van der Waals surface area contributed by atoms with Crippen molar-refractivity contribution in [3.05, 3.63) is 73.2 Å². The Morgan fingerprint density at radius 1 is 0.900 bits per heavy atom. The van der Waals surface area contributed by atoms with E-state index in [-0.39, 0.29) is 11.4 Å². The number of nitrogens with zero attached hydrogens (tertiary/aromatic N) is 2. The fourth-order valence-corrected chi connectivity index (χ4v) is 1.62. The van der Waals surface area contributed by atoms with Crippen LogP contribution in [0.25, 0.3) is 0 Å². The molecule has 0 aliphatic heterocycles. The number of hydrogen-bond acceptors (Lipinski definition) is 5. The molecule has 7 nitrogen and oxygen atoms in total. The van der Waals surface area contributed by atoms with E-state index in [1.165, 1.54) is 24.3 Å². The van der Waals surface area contributed by atoms with Crippen LogP contribution < -0.4 is 5.73 Å². The molecule has 0 heterocycles. The Hall–Kier alpha value is -2.48. The highest BCUT2D eigenvalue weighted by Crippen LogP contribution is 2.17. The van der Waals surface area contributed by atoms with Crippen molar-refractivity contribution in [1.82, 2.24) is 0 Å². The van der Waals surface area contributed by atoms with Gasteiger partial charge in [0.2, 0.25) is 0 Å². The van der Waals surface area contributed by atoms with E-state index in [1.54, 1.807) is 24.3 Å². The number of nitrogen functional groups attached to an aromatic ring is 1. The first-order valence-corrected chi connectivity index (χ1v) is 6.09. The van der Waals surface area contributed by atoms with Crippen LogP contribution >= 0.6 is 15.9 Å². The predicted octanol–water partition coefficient (Wildman–Crippen LogP) is 3.53. The lowest BCUT2D eigenvalue weighted by Crippen LogP contribution is -1.89. The van der Waals surface area contributed by atoms with Crippen molar-refractivity contribution in [2.45, 2.75) is 0 Å². The molecule has 0 bridgehead atoms. The molecule has 2 N–H and O–H groups in total. The number of halogens is 1. The molecule has 0 amide bonds. The zero-order valence-electron chi connectivity index (χ0n) is 10.1. The van der Waals surface area contributed by atoms with Crippen LogP contribution in [0.5, 0.6) is 0 Å². The molecule has 2 aromatic carbocycles. The van der Waals surface area contributed by atoms with Crippen molar-refractivity contribution in [2.24, 2.45) is 0 Å². The smallest absolute Gasteiger partial charge is 0.271 e. The molecule has 0 aliphatic carbocycles. The Kier molecular flexibility index (Phi) is 5.60. The Morgan fingerprint density at radius 3 is 1.75 bits per heavy atom. The van der Waals surface area contributed by atoms with Gasteiger partial charge in [0.1, 0.15) is 0 Å². The highest BCUT2D eigenvalue weighted by atomic mass is 79.9. The van der Waals surface area contributed by atoms with Gasteiger partial charge in [0.05, 0.1) is 9.85 Å². The van der Waals surface area contributed by atoms with E-state index in [9.17, 15) is 20.2 Å². The summed E-state index contributed by atoms with van der Waals surface area (Å²) in [6, 6.07) is 12.1. The van der Waals surface area contributed by atoms with Crippen molar-refractivity contribution in [3.63, 3.8) is 0 Å². The molecule has 0 unspecified atom stereocenters. The number of anilines is 1. The third kappa shape index (κ3) is 5.02. The topological polar surface area (TPSA) is 112 Å². The standard InChI is InChI=1S/C6H4BrNO2.C6H6N2O2/c2*7-5-2-1-3-6(4-5)8(9)10/h1-4H;1-4H,7H2. The summed E-state index contributed by atoms with van der Waals surface area (Å²) in [4.78, 5) is 19.3. The Balaban J connectivity index is 0.000000200. The van der Waals surface area contributed by atoms with Gasteiger partial charge >= 0.3 is 0 Å². The molecular weight excluding hydrogens is 330 g/mol. The summed E-state index contributed by atoms with van der Waals surface area (Å²) >= 11 is 3.13. The molecule has 0 saturated carbocycles. The molecular formula is C12H10BrN3O4. The van der Waals surface area contributed by atoms with Crippen LogP contribution in [0.2, 0.25) is 0 Å². The molecule has 0 aliphatic rings. The fraction of sp³-hybridized carbons (Fsp3) is 0. The van der Waals surface area contributed by atoms with E-state index in [0.29, 0.717) is 5.69 Å². The third-order valence-electron chi connectivity index (χ3n) is 2.10. The predicted molar refractivity (Wildman–Crippen MR) is 78.3 cm³/mol. The van der Waals surface area contributed by atoms with Gasteiger partial charge in [-0.15, -0.1) is 0 Å². The molecule has 0 atom stereocenters. The molecule has 104 valence electrons. The molecule has 2 rings (SSSR count). The Morgan fingerprint density at radius 2 is 1.40 bits per heavy atom. The van der Waals surface area contributed by atoms with Crippen LogP contribution in [0.4, 0.5) is 17.1 Å². The number of rotatable bonds is 2. The summed E-state index contributed by atoms with van der Waals surface area (Å²) < 4.78 is 0.724. The third-order valence-corrected chi connectivity index (χ3v) is 2.59. The number of nitro groups is 2. The maximum Gasteiger partial charge on any atom is 0.271 e. The van der Waals surface area contributed by atoms with Crippen LogP contribution in [0.3, 0.4) is 0 Å². The number of non-ortho nitro benzene ring substituents is 2. The summed E-state index contributed by atoms with van der Waals surface area (Å²) in [5.74, 6) is 0. The van der Waals surface area contributed by atoms with Gasteiger partial charge in [-0.25, -0.2) is 0 Å². The highest BCUT2D eigenvalue weighted by molar-refractivity contribution is 9.10. The maximum atomic E-state index is 10.1. The quantitative estimate of drug-likeness (QED) is 0.510. The molecule has 0 spiro atoms. The molecule has 0 aromatic heterocycles. The van der Waals surface area contributed by atoms with E-state index in [4.69, 9.17) is 5.73 Å². The van der Waals surface area contributed by atoms with Crippen LogP contribution in [0.1, 0.15) is 0 Å². The molecule has 0 saturated heterocycles. The first-order chi connectivity index (χ1) is 9.40. The minimum Gasteiger partial charge on any atom is -0.399 e. The average Bonchev–Trinajstić information content (AvgIpc) is 2.39. The number of nitrogens with two attached hydrogens (primary N) is 1. The van der Waals surface area contributed by atoms with Crippen LogP contribution in [-0.2, 0) is 0 Å². The summed E-state index contributed by atoms with van der Waals surface area (Å²) in [7, 11) is 0. The van der Waals surface area contributed by atoms with Crippen LogP contribution in [-0.4, -0.2) is 9.85 Å². The monoisotopic (exact) mass is 339 g/mol. The lowest BCUT2D eigenvalue weighted by atomic mass is 10.3. The lowest BCUT2D eigenvalue weighted by molar-refractivity contribution is -0.385. The van der Waals surface area contributed by atoms with Gasteiger partial charge in [-0.3, -0.25) is 20.2 Å². The van der Waals surface area contributed by atoms with Crippen molar-refractivity contribution < 1.29 is 9.85 Å². The molecule has 8 heteroatoms. The van der Waals surface area contributed by atoms with Gasteiger partial charge in [-0.2, -0.15) is 0 Å². The minimum atomic E-state index is -0.476. The van der Waals surface area contributed by atoms with Crippen molar-refractivity contribution in [3.8, 4) is 0 Å². The number of benzene rings is 2. The van der Waals surface area contributed by atoms with Gasteiger partial charge in [0.25, 0.3) is 11.4 Å². The minimum absolute atomic E-state index is 0.0278. The highest BCUT2D eigenvalue weighted by Gasteiger charge is 2.03. The summed E-state index contributed by atoms with van der Waals surface area (Å²) in [5, 5.41) is 20.2. The summed E-state index contributed by atoms with van der Waals surface area (Å²) in [5.41, 5.74) is 5.84. The fourth-order valence-electron chi connectivity index (χ4n) is 1.23. The van der Waals surface area contributed by atoms with Crippen LogP contribution in [0, 0.1) is 20.2 Å². The second kappa shape index (κ2) is 7.19. The van der Waals surface area contributed by atoms with Crippen molar-refractivity contribution in [2.75, 3.05) is 5.73 Å².